The minimum atomic E-state index is -0.113. The van der Waals surface area contributed by atoms with Crippen molar-refractivity contribution >= 4 is 17.3 Å². The van der Waals surface area contributed by atoms with E-state index in [-0.39, 0.29) is 12.2 Å². The number of hydrogen-bond acceptors (Lipinski definition) is 8. The predicted molar refractivity (Wildman–Crippen MR) is 108 cm³/mol. The number of carbonyl (C=O) groups is 1. The Kier molecular flexibility index (Phi) is 5.24. The van der Waals surface area contributed by atoms with E-state index in [1.54, 1.807) is 43.2 Å². The monoisotopic (exact) mass is 386 g/mol. The first-order chi connectivity index (χ1) is 14.2. The number of ketones is 1. The van der Waals surface area contributed by atoms with Gasteiger partial charge in [0.2, 0.25) is 0 Å². The first kappa shape index (κ1) is 18.3. The summed E-state index contributed by atoms with van der Waals surface area (Å²) >= 11 is 0. The van der Waals surface area contributed by atoms with Gasteiger partial charge in [-0.3, -0.25) is 14.8 Å². The molecular formula is C21H18N6O2. The molecule has 4 heterocycles. The molecule has 0 saturated heterocycles. The van der Waals surface area contributed by atoms with Gasteiger partial charge in [-0.2, -0.15) is 0 Å². The number of furan rings is 1. The molecule has 0 atom stereocenters. The summed E-state index contributed by atoms with van der Waals surface area (Å²) in [4.78, 5) is 29.5. The van der Waals surface area contributed by atoms with Crippen LogP contribution in [0.2, 0.25) is 0 Å². The molecule has 0 amide bonds. The molecule has 3 N–H and O–H groups in total. The second-order valence-corrected chi connectivity index (χ2v) is 6.34. The Labute approximate surface area is 166 Å². The van der Waals surface area contributed by atoms with Gasteiger partial charge < -0.3 is 15.5 Å². The van der Waals surface area contributed by atoms with E-state index in [4.69, 9.17) is 10.2 Å². The lowest BCUT2D eigenvalue weighted by molar-refractivity contribution is 0.0988. The molecule has 144 valence electrons. The molecule has 0 aliphatic heterocycles. The van der Waals surface area contributed by atoms with Crippen molar-refractivity contribution in [1.82, 2.24) is 19.9 Å². The number of carbonyl (C=O) groups excluding carboxylic acids is 1. The van der Waals surface area contributed by atoms with E-state index in [2.05, 4.69) is 25.3 Å². The maximum absolute atomic E-state index is 12.6. The third kappa shape index (κ3) is 4.44. The zero-order valence-corrected chi connectivity index (χ0v) is 15.4. The van der Waals surface area contributed by atoms with E-state index in [1.165, 1.54) is 6.20 Å². The Morgan fingerprint density at radius 3 is 2.76 bits per heavy atom. The molecule has 0 fully saturated rings. The van der Waals surface area contributed by atoms with E-state index in [0.717, 1.165) is 22.5 Å². The summed E-state index contributed by atoms with van der Waals surface area (Å²) in [5, 5.41) is 3.20. The molecule has 4 rings (SSSR count). The van der Waals surface area contributed by atoms with Crippen molar-refractivity contribution in [2.24, 2.45) is 0 Å². The molecule has 4 aromatic rings. The van der Waals surface area contributed by atoms with Crippen LogP contribution in [0.4, 0.5) is 11.5 Å². The minimum absolute atomic E-state index is 0.113. The minimum Gasteiger partial charge on any atom is -0.472 e. The molecule has 29 heavy (non-hydrogen) atoms. The van der Waals surface area contributed by atoms with Crippen molar-refractivity contribution in [2.75, 3.05) is 11.1 Å². The average Bonchev–Trinajstić information content (AvgIpc) is 3.28. The van der Waals surface area contributed by atoms with Gasteiger partial charge >= 0.3 is 0 Å². The lowest BCUT2D eigenvalue weighted by Crippen LogP contribution is -2.09. The predicted octanol–water partition coefficient (Wildman–Crippen LogP) is 3.15. The van der Waals surface area contributed by atoms with Gasteiger partial charge in [0.1, 0.15) is 11.5 Å². The molecule has 8 nitrogen and oxygen atoms in total. The highest BCUT2D eigenvalue weighted by atomic mass is 16.3. The Bertz CT molecular complexity index is 1110. The Morgan fingerprint density at radius 2 is 2.00 bits per heavy atom. The molecule has 0 aromatic carbocycles. The molecule has 0 aliphatic rings. The van der Waals surface area contributed by atoms with Crippen molar-refractivity contribution < 1.29 is 9.21 Å². The summed E-state index contributed by atoms with van der Waals surface area (Å²) in [5.41, 5.74) is 10.00. The summed E-state index contributed by atoms with van der Waals surface area (Å²) in [6.07, 6.45) is 9.73. The van der Waals surface area contributed by atoms with E-state index in [1.807, 2.05) is 18.2 Å². The molecular weight excluding hydrogens is 368 g/mol. The van der Waals surface area contributed by atoms with Crippen LogP contribution in [0.3, 0.4) is 0 Å². The van der Waals surface area contributed by atoms with Gasteiger partial charge in [0, 0.05) is 24.4 Å². The number of Topliss-reactive ketones (excluding diaryl/α,β-unsaturated/α-hetero) is 1. The number of nitrogens with one attached hydrogen (secondary N) is 1. The topological polar surface area (TPSA) is 120 Å². The van der Waals surface area contributed by atoms with E-state index in [0.29, 0.717) is 23.8 Å². The normalized spacial score (nSPS) is 10.6. The standard InChI is InChI=1S/C21H18N6O2/c22-21-17(2-1-5-24-21)25-10-16-8-14(3-6-23-16)9-20(28)19-12-26-18(11-27-19)15-4-7-29-13-15/h1-8,11-13,25H,9-10H2,(H2,22,24). The van der Waals surface area contributed by atoms with E-state index in [9.17, 15) is 4.79 Å². The quantitative estimate of drug-likeness (QED) is 0.465. The molecule has 0 aliphatic carbocycles. The SMILES string of the molecule is Nc1ncccc1NCc1cc(CC(=O)c2cnc(-c3ccoc3)cn2)ccn1. The molecule has 0 unspecified atom stereocenters. The summed E-state index contributed by atoms with van der Waals surface area (Å²) in [6.45, 7) is 0.469. The smallest absolute Gasteiger partial charge is 0.187 e. The van der Waals surface area contributed by atoms with Crippen LogP contribution in [0.5, 0.6) is 0 Å². The molecule has 0 saturated carbocycles. The van der Waals surface area contributed by atoms with Crippen LogP contribution in [0, 0.1) is 0 Å². The number of anilines is 2. The third-order valence-electron chi connectivity index (χ3n) is 4.30. The fourth-order valence-electron chi connectivity index (χ4n) is 2.79. The Hall–Kier alpha value is -4.07. The van der Waals surface area contributed by atoms with Crippen molar-refractivity contribution in [3.8, 4) is 11.3 Å². The van der Waals surface area contributed by atoms with Crippen LogP contribution < -0.4 is 11.1 Å². The second kappa shape index (κ2) is 8.30. The first-order valence-corrected chi connectivity index (χ1v) is 8.95. The van der Waals surface area contributed by atoms with Crippen LogP contribution in [0.15, 0.2) is 72.1 Å². The van der Waals surface area contributed by atoms with Crippen LogP contribution in [-0.4, -0.2) is 25.7 Å². The van der Waals surface area contributed by atoms with Crippen molar-refractivity contribution in [3.05, 3.63) is 84.6 Å². The van der Waals surface area contributed by atoms with Crippen LogP contribution >= 0.6 is 0 Å². The zero-order valence-electron chi connectivity index (χ0n) is 15.4. The number of pyridine rings is 2. The zero-order chi connectivity index (χ0) is 20.1. The fraction of sp³-hybridized carbons (Fsp3) is 0.0952. The summed E-state index contributed by atoms with van der Waals surface area (Å²) in [5.74, 6) is 0.314. The largest absolute Gasteiger partial charge is 0.472 e. The molecule has 4 aromatic heterocycles. The van der Waals surface area contributed by atoms with Gasteiger partial charge in [-0.15, -0.1) is 0 Å². The van der Waals surface area contributed by atoms with E-state index < -0.39 is 0 Å². The highest BCUT2D eigenvalue weighted by Gasteiger charge is 2.11. The lowest BCUT2D eigenvalue weighted by atomic mass is 10.1. The van der Waals surface area contributed by atoms with Crippen LogP contribution in [0.1, 0.15) is 21.7 Å². The van der Waals surface area contributed by atoms with Crippen LogP contribution in [0.25, 0.3) is 11.3 Å². The maximum atomic E-state index is 12.6. The summed E-state index contributed by atoms with van der Waals surface area (Å²) < 4.78 is 5.04. The fourth-order valence-corrected chi connectivity index (χ4v) is 2.79. The molecule has 0 bridgehead atoms. The number of hydrogen-bond donors (Lipinski definition) is 2. The summed E-state index contributed by atoms with van der Waals surface area (Å²) in [7, 11) is 0. The number of aromatic nitrogens is 4. The van der Waals surface area contributed by atoms with Gasteiger partial charge in [-0.05, 0) is 35.9 Å². The third-order valence-corrected chi connectivity index (χ3v) is 4.30. The molecule has 0 radical (unpaired) electrons. The van der Waals surface area contributed by atoms with Crippen LogP contribution in [-0.2, 0) is 13.0 Å². The van der Waals surface area contributed by atoms with Gasteiger partial charge in [-0.1, -0.05) is 0 Å². The van der Waals surface area contributed by atoms with E-state index >= 15 is 0 Å². The average molecular weight is 386 g/mol. The molecule has 8 heteroatoms. The van der Waals surface area contributed by atoms with Crippen molar-refractivity contribution in [3.63, 3.8) is 0 Å². The van der Waals surface area contributed by atoms with Gasteiger partial charge in [0.15, 0.2) is 5.78 Å². The summed E-state index contributed by atoms with van der Waals surface area (Å²) in [6, 6.07) is 9.14. The highest BCUT2D eigenvalue weighted by Crippen LogP contribution is 2.17. The first-order valence-electron chi connectivity index (χ1n) is 8.95. The molecule has 0 spiro atoms. The lowest BCUT2D eigenvalue weighted by Gasteiger charge is -2.09. The van der Waals surface area contributed by atoms with Gasteiger partial charge in [0.05, 0.1) is 48.5 Å². The number of nitrogens with two attached hydrogens (primary N) is 1. The van der Waals surface area contributed by atoms with Crippen molar-refractivity contribution in [1.29, 1.82) is 0 Å². The number of nitrogen functional groups attached to an aromatic ring is 1. The Morgan fingerprint density at radius 1 is 1.07 bits per heavy atom. The number of nitrogens with zero attached hydrogens (tertiary/aromatic N) is 4. The van der Waals surface area contributed by atoms with Gasteiger partial charge in [0.25, 0.3) is 0 Å². The Balaban J connectivity index is 1.41. The maximum Gasteiger partial charge on any atom is 0.187 e. The van der Waals surface area contributed by atoms with Gasteiger partial charge in [-0.25, -0.2) is 9.97 Å². The number of rotatable bonds is 7. The highest BCUT2D eigenvalue weighted by molar-refractivity contribution is 5.95. The van der Waals surface area contributed by atoms with Crippen molar-refractivity contribution in [2.45, 2.75) is 13.0 Å². The second-order valence-electron chi connectivity index (χ2n) is 6.34.